The summed E-state index contributed by atoms with van der Waals surface area (Å²) in [5, 5.41) is 2.80. The van der Waals surface area contributed by atoms with E-state index in [9.17, 15) is 13.6 Å². The number of benzene rings is 2. The fraction of sp³-hybridized carbons (Fsp3) is 0.188. The van der Waals surface area contributed by atoms with Crippen LogP contribution in [0.2, 0.25) is 5.02 Å². The lowest BCUT2D eigenvalue weighted by molar-refractivity contribution is -0.117. The maximum Gasteiger partial charge on any atom is 0.228 e. The molecular formula is C16H12ClF2NO. The Hall–Kier alpha value is -1.94. The van der Waals surface area contributed by atoms with Crippen molar-refractivity contribution in [2.45, 2.75) is 12.3 Å². The Morgan fingerprint density at radius 1 is 1.19 bits per heavy atom. The largest absolute Gasteiger partial charge is 0.325 e. The van der Waals surface area contributed by atoms with E-state index >= 15 is 0 Å². The van der Waals surface area contributed by atoms with Crippen molar-refractivity contribution in [2.75, 3.05) is 5.32 Å². The molecule has 0 radical (unpaired) electrons. The lowest BCUT2D eigenvalue weighted by Gasteiger charge is -2.07. The SMILES string of the molecule is O=C(Nc1ccc(F)cc1Cl)C1CC1c1ccccc1F. The third kappa shape index (κ3) is 2.90. The van der Waals surface area contributed by atoms with Crippen molar-refractivity contribution in [3.8, 4) is 0 Å². The van der Waals surface area contributed by atoms with Gasteiger partial charge in [0.1, 0.15) is 11.6 Å². The van der Waals surface area contributed by atoms with Crippen LogP contribution in [0.25, 0.3) is 0 Å². The second kappa shape index (κ2) is 5.45. The van der Waals surface area contributed by atoms with Crippen molar-refractivity contribution in [3.05, 3.63) is 64.7 Å². The van der Waals surface area contributed by atoms with E-state index in [1.807, 2.05) is 0 Å². The molecule has 1 amide bonds. The summed E-state index contributed by atoms with van der Waals surface area (Å²) in [4.78, 5) is 12.1. The van der Waals surface area contributed by atoms with Gasteiger partial charge in [-0.3, -0.25) is 4.79 Å². The monoisotopic (exact) mass is 307 g/mol. The Labute approximate surface area is 125 Å². The minimum atomic E-state index is -0.464. The molecule has 2 unspecified atom stereocenters. The second-order valence-electron chi connectivity index (χ2n) is 5.08. The van der Waals surface area contributed by atoms with Crippen LogP contribution in [0.3, 0.4) is 0 Å². The molecule has 0 bridgehead atoms. The van der Waals surface area contributed by atoms with Gasteiger partial charge in [-0.1, -0.05) is 29.8 Å². The number of amides is 1. The molecule has 1 aliphatic carbocycles. The van der Waals surface area contributed by atoms with E-state index in [0.29, 0.717) is 17.7 Å². The summed E-state index contributed by atoms with van der Waals surface area (Å²) in [6.45, 7) is 0. The summed E-state index contributed by atoms with van der Waals surface area (Å²) in [5.41, 5.74) is 0.921. The van der Waals surface area contributed by atoms with Crippen LogP contribution >= 0.6 is 11.6 Å². The molecule has 1 fully saturated rings. The highest BCUT2D eigenvalue weighted by Gasteiger charge is 2.45. The fourth-order valence-corrected chi connectivity index (χ4v) is 2.64. The van der Waals surface area contributed by atoms with Crippen LogP contribution < -0.4 is 5.32 Å². The van der Waals surface area contributed by atoms with Gasteiger partial charge < -0.3 is 5.32 Å². The normalized spacial score (nSPS) is 20.1. The van der Waals surface area contributed by atoms with Crippen LogP contribution in [0, 0.1) is 17.6 Å². The number of rotatable bonds is 3. The zero-order valence-electron chi connectivity index (χ0n) is 10.9. The predicted molar refractivity (Wildman–Crippen MR) is 77.3 cm³/mol. The minimum Gasteiger partial charge on any atom is -0.325 e. The van der Waals surface area contributed by atoms with Gasteiger partial charge in [0.2, 0.25) is 5.91 Å². The molecule has 1 aliphatic rings. The molecule has 0 aliphatic heterocycles. The van der Waals surface area contributed by atoms with Gasteiger partial charge in [-0.15, -0.1) is 0 Å². The van der Waals surface area contributed by atoms with Crippen LogP contribution in [-0.2, 0) is 4.79 Å². The zero-order valence-corrected chi connectivity index (χ0v) is 11.7. The van der Waals surface area contributed by atoms with Crippen LogP contribution in [0.4, 0.5) is 14.5 Å². The van der Waals surface area contributed by atoms with E-state index in [1.54, 1.807) is 18.2 Å². The standard InChI is InChI=1S/C16H12ClF2NO/c17-13-7-9(18)5-6-15(13)20-16(21)12-8-11(12)10-3-1-2-4-14(10)19/h1-7,11-12H,8H2,(H,20,21). The van der Waals surface area contributed by atoms with E-state index < -0.39 is 5.82 Å². The van der Waals surface area contributed by atoms with Crippen molar-refractivity contribution < 1.29 is 13.6 Å². The summed E-state index contributed by atoms with van der Waals surface area (Å²) in [6.07, 6.45) is 0.603. The zero-order chi connectivity index (χ0) is 15.0. The molecule has 1 N–H and O–H groups in total. The lowest BCUT2D eigenvalue weighted by atomic mass is 10.1. The Morgan fingerprint density at radius 2 is 1.95 bits per heavy atom. The topological polar surface area (TPSA) is 29.1 Å². The number of hydrogen-bond acceptors (Lipinski definition) is 1. The Kier molecular flexibility index (Phi) is 3.64. The number of anilines is 1. The van der Waals surface area contributed by atoms with Gasteiger partial charge in [-0.2, -0.15) is 0 Å². The third-order valence-corrected chi connectivity index (χ3v) is 3.93. The highest BCUT2D eigenvalue weighted by Crippen LogP contribution is 2.48. The molecule has 2 aromatic rings. The molecule has 0 aromatic heterocycles. The van der Waals surface area contributed by atoms with Gasteiger partial charge >= 0.3 is 0 Å². The van der Waals surface area contributed by atoms with Crippen molar-refractivity contribution in [3.63, 3.8) is 0 Å². The number of halogens is 3. The highest BCUT2D eigenvalue weighted by atomic mass is 35.5. The van der Waals surface area contributed by atoms with Gasteiger partial charge in [-0.05, 0) is 42.2 Å². The number of carbonyl (C=O) groups is 1. The predicted octanol–water partition coefficient (Wildman–Crippen LogP) is 4.36. The molecule has 0 saturated heterocycles. The summed E-state index contributed by atoms with van der Waals surface area (Å²) in [6, 6.07) is 10.2. The van der Waals surface area contributed by atoms with Gasteiger partial charge in [0, 0.05) is 5.92 Å². The quantitative estimate of drug-likeness (QED) is 0.897. The molecule has 0 spiro atoms. The van der Waals surface area contributed by atoms with Crippen LogP contribution in [0.5, 0.6) is 0 Å². The molecule has 3 rings (SSSR count). The van der Waals surface area contributed by atoms with E-state index in [-0.39, 0.29) is 28.6 Å². The molecular weight excluding hydrogens is 296 g/mol. The molecule has 1 saturated carbocycles. The maximum atomic E-state index is 13.7. The minimum absolute atomic E-state index is 0.106. The van der Waals surface area contributed by atoms with Gasteiger partial charge in [-0.25, -0.2) is 8.78 Å². The van der Waals surface area contributed by atoms with E-state index in [2.05, 4.69) is 5.32 Å². The first kappa shape index (κ1) is 14.0. The van der Waals surface area contributed by atoms with Gasteiger partial charge in [0.05, 0.1) is 10.7 Å². The van der Waals surface area contributed by atoms with Crippen molar-refractivity contribution in [1.29, 1.82) is 0 Å². The van der Waals surface area contributed by atoms with Crippen molar-refractivity contribution >= 4 is 23.2 Å². The molecule has 2 atom stereocenters. The average molecular weight is 308 g/mol. The summed E-state index contributed by atoms with van der Waals surface area (Å²) < 4.78 is 26.6. The molecule has 108 valence electrons. The molecule has 2 nitrogen and oxygen atoms in total. The molecule has 21 heavy (non-hydrogen) atoms. The smallest absolute Gasteiger partial charge is 0.228 e. The number of carbonyl (C=O) groups excluding carboxylic acids is 1. The van der Waals surface area contributed by atoms with Gasteiger partial charge in [0.25, 0.3) is 0 Å². The number of hydrogen-bond donors (Lipinski definition) is 1. The van der Waals surface area contributed by atoms with E-state index in [0.717, 1.165) is 6.07 Å². The Morgan fingerprint density at radius 3 is 2.67 bits per heavy atom. The van der Waals surface area contributed by atoms with Crippen molar-refractivity contribution in [2.24, 2.45) is 5.92 Å². The first-order valence-electron chi connectivity index (χ1n) is 6.56. The summed E-state index contributed by atoms with van der Waals surface area (Å²) in [5.74, 6) is -1.36. The Bertz CT molecular complexity index is 704. The Balaban J connectivity index is 1.70. The molecule has 5 heteroatoms. The average Bonchev–Trinajstić information content (AvgIpc) is 3.23. The third-order valence-electron chi connectivity index (χ3n) is 3.62. The highest BCUT2D eigenvalue weighted by molar-refractivity contribution is 6.33. The summed E-state index contributed by atoms with van der Waals surface area (Å²) >= 11 is 5.86. The first-order chi connectivity index (χ1) is 10.1. The first-order valence-corrected chi connectivity index (χ1v) is 6.94. The molecule has 2 aromatic carbocycles. The van der Waals surface area contributed by atoms with Crippen LogP contribution in [0.1, 0.15) is 17.9 Å². The summed E-state index contributed by atoms with van der Waals surface area (Å²) in [7, 11) is 0. The molecule has 0 heterocycles. The number of nitrogens with one attached hydrogen (secondary N) is 1. The van der Waals surface area contributed by atoms with E-state index in [1.165, 1.54) is 18.2 Å². The fourth-order valence-electron chi connectivity index (χ4n) is 2.42. The lowest BCUT2D eigenvalue weighted by Crippen LogP contribution is -2.15. The van der Waals surface area contributed by atoms with Crippen molar-refractivity contribution in [1.82, 2.24) is 0 Å². The second-order valence-corrected chi connectivity index (χ2v) is 5.49. The maximum absolute atomic E-state index is 13.7. The van der Waals surface area contributed by atoms with Gasteiger partial charge in [0.15, 0.2) is 0 Å². The van der Waals surface area contributed by atoms with Crippen LogP contribution in [-0.4, -0.2) is 5.91 Å². The van der Waals surface area contributed by atoms with Crippen LogP contribution in [0.15, 0.2) is 42.5 Å². The van der Waals surface area contributed by atoms with E-state index in [4.69, 9.17) is 11.6 Å².